The van der Waals surface area contributed by atoms with Crippen LogP contribution < -0.4 is 4.90 Å². The zero-order valence-electron chi connectivity index (χ0n) is 11.7. The van der Waals surface area contributed by atoms with E-state index in [4.69, 9.17) is 5.11 Å². The lowest BCUT2D eigenvalue weighted by Gasteiger charge is -2.34. The fourth-order valence-corrected chi connectivity index (χ4v) is 2.56. The molecule has 1 aromatic carbocycles. The number of piperidine rings is 1. The van der Waals surface area contributed by atoms with Gasteiger partial charge < -0.3 is 10.0 Å². The summed E-state index contributed by atoms with van der Waals surface area (Å²) in [5, 5.41) is 9.10. The van der Waals surface area contributed by atoms with Gasteiger partial charge >= 0.3 is 12.0 Å². The molecule has 1 aromatic rings. The molecule has 0 spiro atoms. The maximum atomic E-state index is 12.6. The van der Waals surface area contributed by atoms with Crippen molar-refractivity contribution in [2.24, 2.45) is 5.92 Å². The van der Waals surface area contributed by atoms with Crippen molar-refractivity contribution in [1.29, 1.82) is 0 Å². The molecule has 1 saturated heterocycles. The molecule has 0 bridgehead atoms. The second kappa shape index (κ2) is 6.41. The van der Waals surface area contributed by atoms with Crippen molar-refractivity contribution in [1.82, 2.24) is 4.90 Å². The Bertz CT molecular complexity index is 475. The van der Waals surface area contributed by atoms with Crippen LogP contribution in [0.2, 0.25) is 0 Å². The summed E-state index contributed by atoms with van der Waals surface area (Å²) >= 11 is 0. The van der Waals surface area contributed by atoms with Gasteiger partial charge in [-0.3, -0.25) is 9.69 Å². The van der Waals surface area contributed by atoms with Crippen LogP contribution in [0.4, 0.5) is 10.5 Å². The van der Waals surface area contributed by atoms with Crippen LogP contribution in [0.5, 0.6) is 0 Å². The summed E-state index contributed by atoms with van der Waals surface area (Å²) in [7, 11) is 0. The standard InChI is InChI=1S/C15H20N2O3/c1-2-17(13-8-4-3-5-9-13)15(20)16-10-6-7-12(11-16)14(18)19/h3-5,8-9,12H,2,6-7,10-11H2,1H3,(H,18,19)/t12-/m0/s1. The Morgan fingerprint density at radius 1 is 1.35 bits per heavy atom. The first-order chi connectivity index (χ1) is 9.63. The van der Waals surface area contributed by atoms with Crippen LogP contribution in [-0.2, 0) is 4.79 Å². The number of carboxylic acid groups (broad SMARTS) is 1. The average molecular weight is 276 g/mol. The fraction of sp³-hybridized carbons (Fsp3) is 0.467. The number of aliphatic carboxylic acids is 1. The first kappa shape index (κ1) is 14.4. The minimum Gasteiger partial charge on any atom is -0.481 e. The number of para-hydroxylation sites is 1. The minimum atomic E-state index is -0.815. The van der Waals surface area contributed by atoms with Crippen LogP contribution in [0.15, 0.2) is 30.3 Å². The lowest BCUT2D eigenvalue weighted by molar-refractivity contribution is -0.143. The van der Waals surface area contributed by atoms with Gasteiger partial charge in [0.15, 0.2) is 0 Å². The van der Waals surface area contributed by atoms with Gasteiger partial charge in [-0.1, -0.05) is 18.2 Å². The first-order valence-electron chi connectivity index (χ1n) is 6.97. The molecule has 2 rings (SSSR count). The zero-order chi connectivity index (χ0) is 14.5. The van der Waals surface area contributed by atoms with Gasteiger partial charge in [-0.05, 0) is 31.9 Å². The molecular formula is C15H20N2O3. The number of amides is 2. The van der Waals surface area contributed by atoms with E-state index in [-0.39, 0.29) is 6.03 Å². The summed E-state index contributed by atoms with van der Waals surface area (Å²) in [4.78, 5) is 27.0. The molecule has 108 valence electrons. The van der Waals surface area contributed by atoms with Gasteiger partial charge in [0.2, 0.25) is 0 Å². The van der Waals surface area contributed by atoms with Gasteiger partial charge in [0.05, 0.1) is 5.92 Å². The molecule has 1 N–H and O–H groups in total. The molecule has 0 aromatic heterocycles. The molecule has 1 aliphatic heterocycles. The van der Waals surface area contributed by atoms with Crippen LogP contribution in [0.1, 0.15) is 19.8 Å². The molecule has 1 fully saturated rings. The summed E-state index contributed by atoms with van der Waals surface area (Å²) < 4.78 is 0. The number of likely N-dealkylation sites (tertiary alicyclic amines) is 1. The van der Waals surface area contributed by atoms with Gasteiger partial charge in [-0.2, -0.15) is 0 Å². The molecule has 0 aliphatic carbocycles. The Hall–Kier alpha value is -2.04. The molecule has 5 heteroatoms. The Kier molecular flexibility index (Phi) is 4.61. The molecule has 1 heterocycles. The molecule has 2 amide bonds. The third kappa shape index (κ3) is 3.10. The maximum absolute atomic E-state index is 12.6. The summed E-state index contributed by atoms with van der Waals surface area (Å²) in [5.41, 5.74) is 0.845. The van der Waals surface area contributed by atoms with Gasteiger partial charge in [0.1, 0.15) is 0 Å². The van der Waals surface area contributed by atoms with E-state index in [0.29, 0.717) is 26.1 Å². The van der Waals surface area contributed by atoms with Gasteiger partial charge in [-0.15, -0.1) is 0 Å². The summed E-state index contributed by atoms with van der Waals surface area (Å²) in [6.07, 6.45) is 1.39. The van der Waals surface area contributed by atoms with Crippen molar-refractivity contribution >= 4 is 17.7 Å². The number of carbonyl (C=O) groups excluding carboxylic acids is 1. The third-order valence-corrected chi connectivity index (χ3v) is 3.66. The first-order valence-corrected chi connectivity index (χ1v) is 6.97. The van der Waals surface area contributed by atoms with E-state index in [0.717, 1.165) is 12.1 Å². The van der Waals surface area contributed by atoms with E-state index in [9.17, 15) is 9.59 Å². The van der Waals surface area contributed by atoms with E-state index >= 15 is 0 Å². The molecule has 5 nitrogen and oxygen atoms in total. The van der Waals surface area contributed by atoms with Crippen LogP contribution >= 0.6 is 0 Å². The molecule has 1 aliphatic rings. The molecule has 0 radical (unpaired) electrons. The fourth-order valence-electron chi connectivity index (χ4n) is 2.56. The van der Waals surface area contributed by atoms with Crippen molar-refractivity contribution in [2.75, 3.05) is 24.5 Å². The highest BCUT2D eigenvalue weighted by Gasteiger charge is 2.30. The number of hydrogen-bond acceptors (Lipinski definition) is 2. The van der Waals surface area contributed by atoms with Gasteiger partial charge in [0, 0.05) is 25.3 Å². The third-order valence-electron chi connectivity index (χ3n) is 3.66. The molecule has 0 saturated carbocycles. The number of nitrogens with zero attached hydrogens (tertiary/aromatic N) is 2. The Morgan fingerprint density at radius 2 is 2.05 bits per heavy atom. The zero-order valence-corrected chi connectivity index (χ0v) is 11.7. The van der Waals surface area contributed by atoms with Crippen molar-refractivity contribution < 1.29 is 14.7 Å². The molecule has 1 atom stereocenters. The highest BCUT2D eigenvalue weighted by atomic mass is 16.4. The smallest absolute Gasteiger partial charge is 0.324 e. The Morgan fingerprint density at radius 3 is 2.65 bits per heavy atom. The number of hydrogen-bond donors (Lipinski definition) is 1. The number of carboxylic acids is 1. The minimum absolute atomic E-state index is 0.107. The van der Waals surface area contributed by atoms with Crippen molar-refractivity contribution in [3.05, 3.63) is 30.3 Å². The second-order valence-electron chi connectivity index (χ2n) is 4.99. The number of rotatable bonds is 3. The number of urea groups is 1. The summed E-state index contributed by atoms with van der Waals surface area (Å²) in [6, 6.07) is 9.36. The summed E-state index contributed by atoms with van der Waals surface area (Å²) in [6.45, 7) is 3.42. The number of anilines is 1. The number of benzene rings is 1. The van der Waals surface area contributed by atoms with Crippen molar-refractivity contribution in [3.8, 4) is 0 Å². The number of carbonyl (C=O) groups is 2. The van der Waals surface area contributed by atoms with Crippen LogP contribution in [-0.4, -0.2) is 41.6 Å². The van der Waals surface area contributed by atoms with Gasteiger partial charge in [0.25, 0.3) is 0 Å². The largest absolute Gasteiger partial charge is 0.481 e. The van der Waals surface area contributed by atoms with Crippen LogP contribution in [0, 0.1) is 5.92 Å². The Balaban J connectivity index is 2.11. The lowest BCUT2D eigenvalue weighted by Crippen LogP contribution is -2.49. The molecule has 20 heavy (non-hydrogen) atoms. The average Bonchev–Trinajstić information content (AvgIpc) is 2.49. The van der Waals surface area contributed by atoms with Crippen LogP contribution in [0.25, 0.3) is 0 Å². The van der Waals surface area contributed by atoms with E-state index in [1.807, 2.05) is 37.3 Å². The highest BCUT2D eigenvalue weighted by molar-refractivity contribution is 5.92. The van der Waals surface area contributed by atoms with Crippen LogP contribution in [0.3, 0.4) is 0 Å². The lowest BCUT2D eigenvalue weighted by atomic mass is 9.98. The Labute approximate surface area is 118 Å². The quantitative estimate of drug-likeness (QED) is 0.922. The van der Waals surface area contributed by atoms with E-state index in [1.165, 1.54) is 0 Å². The van der Waals surface area contributed by atoms with E-state index < -0.39 is 11.9 Å². The highest BCUT2D eigenvalue weighted by Crippen LogP contribution is 2.21. The predicted octanol–water partition coefficient (Wildman–Crippen LogP) is 2.43. The topological polar surface area (TPSA) is 60.9 Å². The second-order valence-corrected chi connectivity index (χ2v) is 4.99. The monoisotopic (exact) mass is 276 g/mol. The predicted molar refractivity (Wildman–Crippen MR) is 76.8 cm³/mol. The SMILES string of the molecule is CCN(C(=O)N1CCC[C@H](C(=O)O)C1)c1ccccc1. The normalized spacial score (nSPS) is 18.6. The molecular weight excluding hydrogens is 256 g/mol. The van der Waals surface area contributed by atoms with Crippen molar-refractivity contribution in [2.45, 2.75) is 19.8 Å². The summed E-state index contributed by atoms with van der Waals surface area (Å²) in [5.74, 6) is -1.26. The maximum Gasteiger partial charge on any atom is 0.324 e. The van der Waals surface area contributed by atoms with E-state index in [1.54, 1.807) is 9.80 Å². The molecule has 0 unspecified atom stereocenters. The van der Waals surface area contributed by atoms with Crippen molar-refractivity contribution in [3.63, 3.8) is 0 Å². The van der Waals surface area contributed by atoms with E-state index in [2.05, 4.69) is 0 Å². The van der Waals surface area contributed by atoms with Gasteiger partial charge in [-0.25, -0.2) is 4.79 Å².